The second-order valence-electron chi connectivity index (χ2n) is 3.56. The molecule has 17 heavy (non-hydrogen) atoms. The zero-order valence-corrected chi connectivity index (χ0v) is 9.99. The van der Waals surface area contributed by atoms with Crippen molar-refractivity contribution in [2.24, 2.45) is 7.05 Å². The van der Waals surface area contributed by atoms with Crippen LogP contribution in [0.4, 0.5) is 4.39 Å². The number of benzene rings is 1. The van der Waals surface area contributed by atoms with Gasteiger partial charge in [0.05, 0.1) is 12.1 Å². The molecule has 0 bridgehead atoms. The molecule has 1 aromatic heterocycles. The van der Waals surface area contributed by atoms with Crippen molar-refractivity contribution in [2.75, 3.05) is 0 Å². The first-order chi connectivity index (χ1) is 8.19. The zero-order valence-electron chi connectivity index (χ0n) is 9.23. The summed E-state index contributed by atoms with van der Waals surface area (Å²) >= 11 is 5.71. The molecule has 0 spiro atoms. The third-order valence-electron chi connectivity index (χ3n) is 2.19. The topological polar surface area (TPSA) is 39.9 Å². The Morgan fingerprint density at radius 1 is 1.47 bits per heavy atom. The van der Waals surface area contributed by atoms with Crippen LogP contribution in [0.25, 0.3) is 0 Å². The third kappa shape index (κ3) is 2.94. The molecule has 0 aliphatic rings. The fraction of sp³-hybridized carbons (Fsp3) is 0.273. The van der Waals surface area contributed by atoms with Gasteiger partial charge >= 0.3 is 0 Å². The monoisotopic (exact) mass is 255 g/mol. The fourth-order valence-corrected chi connectivity index (χ4v) is 1.62. The van der Waals surface area contributed by atoms with E-state index in [0.717, 1.165) is 0 Å². The molecule has 0 unspecified atom stereocenters. The fourth-order valence-electron chi connectivity index (χ4n) is 1.41. The van der Waals surface area contributed by atoms with Gasteiger partial charge in [-0.15, -0.1) is 16.7 Å². The van der Waals surface area contributed by atoms with E-state index in [1.807, 2.05) is 0 Å². The van der Waals surface area contributed by atoms with Gasteiger partial charge < -0.3 is 4.74 Å². The smallest absolute Gasteiger partial charge is 0.134 e. The number of nitrogens with zero attached hydrogens (tertiary/aromatic N) is 3. The Bertz CT molecular complexity index is 515. The van der Waals surface area contributed by atoms with E-state index in [2.05, 4.69) is 10.3 Å². The number of aryl methyl sites for hydroxylation is 1. The number of aromatic nitrogens is 3. The Morgan fingerprint density at radius 3 is 2.94 bits per heavy atom. The molecule has 0 amide bonds. The van der Waals surface area contributed by atoms with Crippen molar-refractivity contribution in [2.45, 2.75) is 12.5 Å². The van der Waals surface area contributed by atoms with Gasteiger partial charge in [0.2, 0.25) is 0 Å². The van der Waals surface area contributed by atoms with Gasteiger partial charge in [0, 0.05) is 12.6 Å². The van der Waals surface area contributed by atoms with Crippen LogP contribution >= 0.6 is 11.6 Å². The number of rotatable bonds is 4. The predicted octanol–water partition coefficient (Wildman–Crippen LogP) is 2.27. The maximum atomic E-state index is 13.0. The molecule has 2 rings (SSSR count). The Morgan fingerprint density at radius 2 is 2.29 bits per heavy atom. The standard InChI is InChI=1S/C11H11ClFN3O/c1-16-6-10(14-15-16)7-17-11-3-2-9(13)4-8(11)5-12/h2-4,6H,5,7H2,1H3. The van der Waals surface area contributed by atoms with E-state index in [-0.39, 0.29) is 18.3 Å². The first-order valence-electron chi connectivity index (χ1n) is 5.01. The molecule has 0 saturated heterocycles. The van der Waals surface area contributed by atoms with Gasteiger partial charge in [-0.3, -0.25) is 4.68 Å². The van der Waals surface area contributed by atoms with E-state index in [9.17, 15) is 4.39 Å². The highest BCUT2D eigenvalue weighted by Crippen LogP contribution is 2.22. The molecule has 1 aromatic carbocycles. The molecule has 1 heterocycles. The second kappa shape index (κ2) is 5.14. The van der Waals surface area contributed by atoms with Crippen LogP contribution in [0.3, 0.4) is 0 Å². The summed E-state index contributed by atoms with van der Waals surface area (Å²) in [5, 5.41) is 7.67. The van der Waals surface area contributed by atoms with Crippen molar-refractivity contribution in [3.8, 4) is 5.75 Å². The normalized spacial score (nSPS) is 10.5. The lowest BCUT2D eigenvalue weighted by molar-refractivity contribution is 0.298. The Labute approximate surface area is 103 Å². The van der Waals surface area contributed by atoms with Crippen LogP contribution in [0.1, 0.15) is 11.3 Å². The predicted molar refractivity (Wildman–Crippen MR) is 61.3 cm³/mol. The average Bonchev–Trinajstić information content (AvgIpc) is 2.73. The summed E-state index contributed by atoms with van der Waals surface area (Å²) in [5.74, 6) is 0.438. The molecular weight excluding hydrogens is 245 g/mol. The minimum atomic E-state index is -0.326. The minimum absolute atomic E-state index is 0.202. The molecule has 0 N–H and O–H groups in total. The number of halogens is 2. The maximum absolute atomic E-state index is 13.0. The van der Waals surface area contributed by atoms with Gasteiger partial charge in [0.15, 0.2) is 0 Å². The highest BCUT2D eigenvalue weighted by molar-refractivity contribution is 6.17. The number of hydrogen-bond donors (Lipinski definition) is 0. The van der Waals surface area contributed by atoms with E-state index in [0.29, 0.717) is 17.0 Å². The average molecular weight is 256 g/mol. The van der Waals surface area contributed by atoms with E-state index >= 15 is 0 Å². The minimum Gasteiger partial charge on any atom is -0.487 e. The van der Waals surface area contributed by atoms with Crippen LogP contribution < -0.4 is 4.74 Å². The molecule has 0 saturated carbocycles. The summed E-state index contributed by atoms with van der Waals surface area (Å²) in [5.41, 5.74) is 1.33. The highest BCUT2D eigenvalue weighted by atomic mass is 35.5. The summed E-state index contributed by atoms with van der Waals surface area (Å²) in [4.78, 5) is 0. The molecule has 4 nitrogen and oxygen atoms in total. The molecule has 0 atom stereocenters. The summed E-state index contributed by atoms with van der Waals surface area (Å²) in [6.45, 7) is 0.281. The van der Waals surface area contributed by atoms with Crippen LogP contribution in [0.2, 0.25) is 0 Å². The van der Waals surface area contributed by atoms with E-state index in [1.54, 1.807) is 24.0 Å². The van der Waals surface area contributed by atoms with Gasteiger partial charge in [-0.05, 0) is 18.2 Å². The van der Waals surface area contributed by atoms with Gasteiger partial charge in [-0.1, -0.05) is 5.21 Å². The molecular formula is C11H11ClFN3O. The summed E-state index contributed by atoms with van der Waals surface area (Å²) < 4.78 is 20.1. The quantitative estimate of drug-likeness (QED) is 0.787. The molecule has 0 fully saturated rings. The first-order valence-corrected chi connectivity index (χ1v) is 5.55. The lowest BCUT2D eigenvalue weighted by Crippen LogP contribution is -1.98. The van der Waals surface area contributed by atoms with Crippen LogP contribution in [0.5, 0.6) is 5.75 Å². The Kier molecular flexibility index (Phi) is 3.58. The lowest BCUT2D eigenvalue weighted by Gasteiger charge is -2.08. The molecule has 90 valence electrons. The number of ether oxygens (including phenoxy) is 1. The third-order valence-corrected chi connectivity index (χ3v) is 2.48. The van der Waals surface area contributed by atoms with E-state index in [4.69, 9.17) is 16.3 Å². The zero-order chi connectivity index (χ0) is 12.3. The number of hydrogen-bond acceptors (Lipinski definition) is 3. The van der Waals surface area contributed by atoms with Crippen molar-refractivity contribution in [3.05, 3.63) is 41.5 Å². The largest absolute Gasteiger partial charge is 0.487 e. The summed E-state index contributed by atoms with van der Waals surface area (Å²) in [6.07, 6.45) is 1.75. The molecule has 0 radical (unpaired) electrons. The Hall–Kier alpha value is -1.62. The van der Waals surface area contributed by atoms with Crippen LogP contribution in [-0.2, 0) is 19.5 Å². The maximum Gasteiger partial charge on any atom is 0.134 e. The number of alkyl halides is 1. The van der Waals surface area contributed by atoms with E-state index in [1.165, 1.54) is 12.1 Å². The summed E-state index contributed by atoms with van der Waals surface area (Å²) in [7, 11) is 1.78. The van der Waals surface area contributed by atoms with Gasteiger partial charge in [0.25, 0.3) is 0 Å². The van der Waals surface area contributed by atoms with Crippen molar-refractivity contribution in [1.29, 1.82) is 0 Å². The van der Waals surface area contributed by atoms with Crippen LogP contribution in [0, 0.1) is 5.82 Å². The summed E-state index contributed by atoms with van der Waals surface area (Å²) in [6, 6.07) is 4.25. The van der Waals surface area contributed by atoms with E-state index < -0.39 is 0 Å². The Balaban J connectivity index is 2.08. The molecule has 0 aliphatic carbocycles. The lowest BCUT2D eigenvalue weighted by atomic mass is 10.2. The van der Waals surface area contributed by atoms with Gasteiger partial charge in [-0.25, -0.2) is 4.39 Å². The van der Waals surface area contributed by atoms with Gasteiger partial charge in [0.1, 0.15) is 23.9 Å². The van der Waals surface area contributed by atoms with Crippen molar-refractivity contribution in [1.82, 2.24) is 15.0 Å². The van der Waals surface area contributed by atoms with Crippen LogP contribution in [-0.4, -0.2) is 15.0 Å². The van der Waals surface area contributed by atoms with Crippen molar-refractivity contribution in [3.63, 3.8) is 0 Å². The molecule has 0 aliphatic heterocycles. The van der Waals surface area contributed by atoms with Gasteiger partial charge in [-0.2, -0.15) is 0 Å². The second-order valence-corrected chi connectivity index (χ2v) is 3.83. The van der Waals surface area contributed by atoms with Crippen LogP contribution in [0.15, 0.2) is 24.4 Å². The van der Waals surface area contributed by atoms with Crippen molar-refractivity contribution >= 4 is 11.6 Å². The molecule has 2 aromatic rings. The molecule has 6 heteroatoms. The first kappa shape index (κ1) is 11.9. The van der Waals surface area contributed by atoms with Crippen molar-refractivity contribution < 1.29 is 9.13 Å². The highest BCUT2D eigenvalue weighted by Gasteiger charge is 2.06. The SMILES string of the molecule is Cn1cc(COc2ccc(F)cc2CCl)nn1.